The van der Waals surface area contributed by atoms with Crippen LogP contribution in [-0.4, -0.2) is 0 Å². The maximum atomic E-state index is 2.42. The van der Waals surface area contributed by atoms with E-state index in [4.69, 9.17) is 0 Å². The Hall–Kier alpha value is -7.22. The number of fused-ring (bicyclic) bond motifs is 2. The van der Waals surface area contributed by atoms with Gasteiger partial charge in [-0.2, -0.15) is 0 Å². The van der Waals surface area contributed by atoms with E-state index in [1.807, 2.05) is 0 Å². The van der Waals surface area contributed by atoms with Crippen LogP contribution in [0.1, 0.15) is 16.7 Å². The van der Waals surface area contributed by atoms with Crippen molar-refractivity contribution in [3.8, 4) is 33.4 Å². The van der Waals surface area contributed by atoms with Crippen LogP contribution in [0.4, 0.5) is 17.1 Å². The molecule has 0 bridgehead atoms. The molecule has 0 saturated heterocycles. The van der Waals surface area contributed by atoms with Gasteiger partial charge in [0, 0.05) is 17.1 Å². The van der Waals surface area contributed by atoms with Gasteiger partial charge in [-0.05, 0) is 156 Å². The molecule has 0 fully saturated rings. The van der Waals surface area contributed by atoms with E-state index in [0.717, 1.165) is 17.1 Å². The number of nitrogens with zero attached hydrogens (tertiary/aromatic N) is 1. The average molecular weight is 740 g/mol. The van der Waals surface area contributed by atoms with Crippen LogP contribution in [0.3, 0.4) is 0 Å². The van der Waals surface area contributed by atoms with E-state index in [1.165, 1.54) is 104 Å². The van der Waals surface area contributed by atoms with Crippen molar-refractivity contribution in [1.29, 1.82) is 0 Å². The van der Waals surface area contributed by atoms with Crippen molar-refractivity contribution < 1.29 is 0 Å². The molecule has 0 aromatic heterocycles. The molecule has 11 rings (SSSR count). The summed E-state index contributed by atoms with van der Waals surface area (Å²) in [6.07, 6.45) is 0. The lowest BCUT2D eigenvalue weighted by molar-refractivity contribution is 1.27. The zero-order chi connectivity index (χ0) is 38.9. The van der Waals surface area contributed by atoms with E-state index in [0.29, 0.717) is 0 Å². The van der Waals surface area contributed by atoms with Gasteiger partial charge >= 0.3 is 0 Å². The molecule has 0 N–H and O–H groups in total. The van der Waals surface area contributed by atoms with Gasteiger partial charge in [0.25, 0.3) is 0 Å². The monoisotopic (exact) mass is 739 g/mol. The minimum Gasteiger partial charge on any atom is -0.311 e. The van der Waals surface area contributed by atoms with Crippen LogP contribution in [0.2, 0.25) is 0 Å². The molecule has 0 aliphatic rings. The number of rotatable bonds is 6. The fourth-order valence-corrected chi connectivity index (χ4v) is 9.43. The van der Waals surface area contributed by atoms with E-state index in [2.05, 4.69) is 220 Å². The molecule has 0 atom stereocenters. The minimum absolute atomic E-state index is 1.13. The topological polar surface area (TPSA) is 3.24 Å². The second kappa shape index (κ2) is 13.5. The van der Waals surface area contributed by atoms with Crippen LogP contribution in [0.25, 0.3) is 87.2 Å². The summed E-state index contributed by atoms with van der Waals surface area (Å²) in [5, 5.41) is 12.9. The Kier molecular flexibility index (Phi) is 7.91. The molecule has 274 valence electrons. The van der Waals surface area contributed by atoms with Crippen molar-refractivity contribution in [2.75, 3.05) is 4.90 Å². The first kappa shape index (κ1) is 34.1. The quantitative estimate of drug-likeness (QED) is 0.121. The molecule has 58 heavy (non-hydrogen) atoms. The van der Waals surface area contributed by atoms with E-state index in [9.17, 15) is 0 Å². The molecule has 11 aromatic rings. The maximum Gasteiger partial charge on any atom is 0.0462 e. The third kappa shape index (κ3) is 5.54. The highest BCUT2D eigenvalue weighted by molar-refractivity contribution is 6.26. The summed E-state index contributed by atoms with van der Waals surface area (Å²) in [5.74, 6) is 0. The molecule has 1 heteroatoms. The maximum absolute atomic E-state index is 2.42. The lowest BCUT2D eigenvalue weighted by Crippen LogP contribution is -2.09. The molecule has 0 radical (unpaired) electrons. The van der Waals surface area contributed by atoms with E-state index in [1.54, 1.807) is 0 Å². The van der Waals surface area contributed by atoms with E-state index >= 15 is 0 Å². The highest BCUT2D eigenvalue weighted by Gasteiger charge is 2.20. The summed E-state index contributed by atoms with van der Waals surface area (Å²) in [6.45, 7) is 6.51. The second-order valence-corrected chi connectivity index (χ2v) is 16.0. The summed E-state index contributed by atoms with van der Waals surface area (Å²) in [5.41, 5.74) is 14.6. The van der Waals surface area contributed by atoms with Crippen LogP contribution in [0.5, 0.6) is 0 Å². The van der Waals surface area contributed by atoms with E-state index < -0.39 is 0 Å². The van der Waals surface area contributed by atoms with Crippen LogP contribution < -0.4 is 4.90 Å². The first-order chi connectivity index (χ1) is 28.5. The number of aryl methyl sites for hydroxylation is 3. The van der Waals surface area contributed by atoms with Crippen molar-refractivity contribution in [2.24, 2.45) is 0 Å². The highest BCUT2D eigenvalue weighted by Crippen LogP contribution is 2.46. The first-order valence-electron chi connectivity index (χ1n) is 20.2. The van der Waals surface area contributed by atoms with Gasteiger partial charge in [0.1, 0.15) is 0 Å². The van der Waals surface area contributed by atoms with Gasteiger partial charge in [0.2, 0.25) is 0 Å². The lowest BCUT2D eigenvalue weighted by Gasteiger charge is -2.26. The molecular weight excluding hydrogens is 699 g/mol. The molecule has 0 heterocycles. The van der Waals surface area contributed by atoms with Crippen molar-refractivity contribution in [3.63, 3.8) is 0 Å². The molecule has 0 spiro atoms. The molecule has 0 saturated carbocycles. The Bertz CT molecular complexity index is 3220. The predicted molar refractivity (Wildman–Crippen MR) is 250 cm³/mol. The molecule has 0 aliphatic heterocycles. The van der Waals surface area contributed by atoms with Crippen LogP contribution >= 0.6 is 0 Å². The van der Waals surface area contributed by atoms with Gasteiger partial charge in [0.15, 0.2) is 0 Å². The Morgan fingerprint density at radius 2 is 0.741 bits per heavy atom. The average Bonchev–Trinajstić information content (AvgIpc) is 3.26. The fraction of sp³-hybridized carbons (Fsp3) is 0.0526. The van der Waals surface area contributed by atoms with Gasteiger partial charge in [-0.3, -0.25) is 0 Å². The SMILES string of the molecule is Cc1ccc(N(c2ccc(C)cc2)c2ccc(-c3c4ccccc4c(-c4cc(C)cc(-c5ccc6ccc7cccc8ccc5c6c78)c4)c4ccccc34)cc2)cc1. The second-order valence-electron chi connectivity index (χ2n) is 16.0. The van der Waals surface area contributed by atoms with Crippen molar-refractivity contribution >= 4 is 70.9 Å². The zero-order valence-electron chi connectivity index (χ0n) is 32.9. The van der Waals surface area contributed by atoms with Gasteiger partial charge in [-0.15, -0.1) is 0 Å². The minimum atomic E-state index is 1.13. The van der Waals surface area contributed by atoms with Crippen molar-refractivity contribution in [1.82, 2.24) is 0 Å². The van der Waals surface area contributed by atoms with Gasteiger partial charge in [0.05, 0.1) is 0 Å². The molecule has 0 amide bonds. The molecular formula is C57H41N. The van der Waals surface area contributed by atoms with Gasteiger partial charge in [-0.1, -0.05) is 163 Å². The first-order valence-corrected chi connectivity index (χ1v) is 20.2. The standard InChI is InChI=1S/C57H41N/c1-36-15-25-45(26-16-36)58(46-27-17-37(2)18-28-46)47-29-21-41(22-30-47)55-49-11-4-6-13-51(49)56(52-14-7-5-12-50(52)55)44-34-38(3)33-43(35-44)48-31-23-42-20-19-39-9-8-10-40-24-32-53(48)57(42)54(39)40/h4-35H,1-3H3. The molecule has 0 unspecified atom stereocenters. The van der Waals surface area contributed by atoms with Crippen LogP contribution in [0, 0.1) is 20.8 Å². The van der Waals surface area contributed by atoms with E-state index in [-0.39, 0.29) is 0 Å². The third-order valence-corrected chi connectivity index (χ3v) is 12.1. The zero-order valence-corrected chi connectivity index (χ0v) is 32.9. The summed E-state index contributed by atoms with van der Waals surface area (Å²) in [6, 6.07) is 72.3. The van der Waals surface area contributed by atoms with Gasteiger partial charge in [-0.25, -0.2) is 0 Å². The Morgan fingerprint density at radius 3 is 1.29 bits per heavy atom. The lowest BCUT2D eigenvalue weighted by atomic mass is 9.84. The molecule has 11 aromatic carbocycles. The smallest absolute Gasteiger partial charge is 0.0462 e. The fourth-order valence-electron chi connectivity index (χ4n) is 9.43. The highest BCUT2D eigenvalue weighted by atomic mass is 15.1. The summed E-state index contributed by atoms with van der Waals surface area (Å²) in [4.78, 5) is 2.35. The van der Waals surface area contributed by atoms with Crippen molar-refractivity contribution in [2.45, 2.75) is 20.8 Å². The molecule has 0 aliphatic carbocycles. The third-order valence-electron chi connectivity index (χ3n) is 12.1. The van der Waals surface area contributed by atoms with Crippen LogP contribution in [0.15, 0.2) is 194 Å². The number of benzene rings is 11. The van der Waals surface area contributed by atoms with Gasteiger partial charge < -0.3 is 4.90 Å². The number of hydrogen-bond donors (Lipinski definition) is 0. The Morgan fingerprint density at radius 1 is 0.293 bits per heavy atom. The Balaban J connectivity index is 1.08. The summed E-state index contributed by atoms with van der Waals surface area (Å²) in [7, 11) is 0. The summed E-state index contributed by atoms with van der Waals surface area (Å²) < 4.78 is 0. The molecule has 1 nitrogen and oxygen atoms in total. The summed E-state index contributed by atoms with van der Waals surface area (Å²) >= 11 is 0. The number of anilines is 3. The van der Waals surface area contributed by atoms with Crippen LogP contribution in [-0.2, 0) is 0 Å². The predicted octanol–water partition coefficient (Wildman–Crippen LogP) is 16.3. The number of hydrogen-bond acceptors (Lipinski definition) is 1. The Labute approximate surface area is 339 Å². The van der Waals surface area contributed by atoms with Crippen molar-refractivity contribution in [3.05, 3.63) is 211 Å². The normalized spacial score (nSPS) is 11.7. The largest absolute Gasteiger partial charge is 0.311 e.